The maximum Gasteiger partial charge on any atom is 0.0913 e. The summed E-state index contributed by atoms with van der Waals surface area (Å²) in [6.45, 7) is 3.79. The summed E-state index contributed by atoms with van der Waals surface area (Å²) in [5, 5.41) is 0. The SMILES string of the molecule is Cc1cccc([C@H]2OCC3CC32[C@@H](OCC2C/C2=C\c2ccccc2)c2ccccc2)c1. The van der Waals surface area contributed by atoms with Crippen molar-refractivity contribution in [3.63, 3.8) is 0 Å². The molecule has 5 atom stereocenters. The zero-order chi connectivity index (χ0) is 21.5. The average Bonchev–Trinajstić information content (AvgIpc) is 3.71. The second-order valence-electron chi connectivity index (χ2n) is 9.80. The minimum Gasteiger partial charge on any atom is -0.373 e. The summed E-state index contributed by atoms with van der Waals surface area (Å²) in [5.74, 6) is 1.12. The lowest BCUT2D eigenvalue weighted by atomic mass is 9.83. The van der Waals surface area contributed by atoms with E-state index in [1.807, 2.05) is 0 Å². The molecule has 2 saturated carbocycles. The molecule has 0 amide bonds. The largest absolute Gasteiger partial charge is 0.373 e. The van der Waals surface area contributed by atoms with E-state index in [4.69, 9.17) is 9.47 Å². The average molecular weight is 423 g/mol. The van der Waals surface area contributed by atoms with E-state index >= 15 is 0 Å². The van der Waals surface area contributed by atoms with Gasteiger partial charge in [-0.25, -0.2) is 0 Å². The normalized spacial score (nSPS) is 30.2. The minimum absolute atomic E-state index is 0.0490. The maximum atomic E-state index is 6.81. The monoisotopic (exact) mass is 422 g/mol. The lowest BCUT2D eigenvalue weighted by Crippen LogP contribution is -2.25. The van der Waals surface area contributed by atoms with E-state index in [-0.39, 0.29) is 17.6 Å². The smallest absolute Gasteiger partial charge is 0.0913 e. The molecular weight excluding hydrogens is 392 g/mol. The summed E-state index contributed by atoms with van der Waals surface area (Å²) in [4.78, 5) is 0. The van der Waals surface area contributed by atoms with Crippen LogP contribution >= 0.6 is 0 Å². The number of rotatable bonds is 7. The summed E-state index contributed by atoms with van der Waals surface area (Å²) in [6.07, 6.45) is 4.84. The molecule has 3 fully saturated rings. The van der Waals surface area contributed by atoms with Crippen LogP contribution in [0.2, 0.25) is 0 Å². The van der Waals surface area contributed by atoms with Gasteiger partial charge in [-0.2, -0.15) is 0 Å². The van der Waals surface area contributed by atoms with Gasteiger partial charge < -0.3 is 9.47 Å². The molecule has 1 aliphatic heterocycles. The topological polar surface area (TPSA) is 18.5 Å². The van der Waals surface area contributed by atoms with Crippen molar-refractivity contribution in [2.45, 2.75) is 32.0 Å². The molecule has 1 heterocycles. The number of ether oxygens (including phenoxy) is 2. The lowest BCUT2D eigenvalue weighted by molar-refractivity contribution is -0.0530. The van der Waals surface area contributed by atoms with E-state index in [9.17, 15) is 0 Å². The summed E-state index contributed by atoms with van der Waals surface area (Å²) >= 11 is 0. The van der Waals surface area contributed by atoms with Crippen LogP contribution in [0.4, 0.5) is 0 Å². The van der Waals surface area contributed by atoms with E-state index in [0.29, 0.717) is 11.8 Å². The molecule has 32 heavy (non-hydrogen) atoms. The first-order valence-electron chi connectivity index (χ1n) is 11.8. The van der Waals surface area contributed by atoms with E-state index in [2.05, 4.69) is 97.9 Å². The molecule has 0 N–H and O–H groups in total. The molecule has 0 bridgehead atoms. The number of hydrogen-bond donors (Lipinski definition) is 0. The Morgan fingerprint density at radius 3 is 2.53 bits per heavy atom. The maximum absolute atomic E-state index is 6.81. The summed E-state index contributed by atoms with van der Waals surface area (Å²) in [5.41, 5.74) is 6.71. The summed E-state index contributed by atoms with van der Waals surface area (Å²) in [6, 6.07) is 30.3. The van der Waals surface area contributed by atoms with Crippen molar-refractivity contribution in [2.75, 3.05) is 13.2 Å². The van der Waals surface area contributed by atoms with Gasteiger partial charge in [-0.1, -0.05) is 102 Å². The van der Waals surface area contributed by atoms with Crippen molar-refractivity contribution in [2.24, 2.45) is 17.3 Å². The third-order valence-corrected chi connectivity index (χ3v) is 7.55. The van der Waals surface area contributed by atoms with Gasteiger partial charge in [-0.3, -0.25) is 0 Å². The Morgan fingerprint density at radius 2 is 1.78 bits per heavy atom. The lowest BCUT2D eigenvalue weighted by Gasteiger charge is -2.32. The van der Waals surface area contributed by atoms with Crippen LogP contribution in [0.25, 0.3) is 6.08 Å². The molecule has 0 radical (unpaired) electrons. The van der Waals surface area contributed by atoms with Gasteiger partial charge in [-0.05, 0) is 42.4 Å². The number of benzene rings is 3. The zero-order valence-corrected chi connectivity index (χ0v) is 18.6. The predicted octanol–water partition coefficient (Wildman–Crippen LogP) is 6.93. The Kier molecular flexibility index (Phi) is 5.01. The Morgan fingerprint density at radius 1 is 1.00 bits per heavy atom. The van der Waals surface area contributed by atoms with Crippen LogP contribution in [0.3, 0.4) is 0 Å². The van der Waals surface area contributed by atoms with Crippen LogP contribution in [0.5, 0.6) is 0 Å². The molecule has 2 nitrogen and oxygen atoms in total. The Labute approximate surface area is 190 Å². The van der Waals surface area contributed by atoms with Crippen molar-refractivity contribution in [3.05, 3.63) is 113 Å². The molecule has 0 aromatic heterocycles. The van der Waals surface area contributed by atoms with Crippen LogP contribution in [0.1, 0.15) is 47.3 Å². The molecule has 6 rings (SSSR count). The van der Waals surface area contributed by atoms with Crippen molar-refractivity contribution in [1.29, 1.82) is 0 Å². The highest BCUT2D eigenvalue weighted by molar-refractivity contribution is 5.57. The second kappa shape index (κ2) is 8.03. The zero-order valence-electron chi connectivity index (χ0n) is 18.6. The van der Waals surface area contributed by atoms with E-state index in [0.717, 1.165) is 19.6 Å². The first-order valence-corrected chi connectivity index (χ1v) is 11.8. The first-order chi connectivity index (χ1) is 15.7. The third kappa shape index (κ3) is 3.62. The van der Waals surface area contributed by atoms with Crippen molar-refractivity contribution in [3.8, 4) is 0 Å². The van der Waals surface area contributed by atoms with Crippen LogP contribution in [-0.4, -0.2) is 13.2 Å². The number of aryl methyl sites for hydroxylation is 1. The number of fused-ring (bicyclic) bond motifs is 1. The second-order valence-corrected chi connectivity index (χ2v) is 9.80. The fraction of sp³-hybridized carbons (Fsp3) is 0.333. The molecule has 3 aliphatic rings. The molecule has 3 aromatic rings. The fourth-order valence-corrected chi connectivity index (χ4v) is 5.70. The van der Waals surface area contributed by atoms with Gasteiger partial charge in [0.25, 0.3) is 0 Å². The summed E-state index contributed by atoms with van der Waals surface area (Å²) in [7, 11) is 0. The van der Waals surface area contributed by atoms with Crippen molar-refractivity contribution < 1.29 is 9.47 Å². The highest BCUT2D eigenvalue weighted by Crippen LogP contribution is 2.72. The summed E-state index contributed by atoms with van der Waals surface area (Å²) < 4.78 is 13.2. The Hall–Kier alpha value is -2.68. The van der Waals surface area contributed by atoms with Gasteiger partial charge in [0, 0.05) is 11.3 Å². The molecule has 2 heteroatoms. The molecule has 2 aliphatic carbocycles. The van der Waals surface area contributed by atoms with E-state index in [1.165, 1.54) is 34.2 Å². The van der Waals surface area contributed by atoms with Gasteiger partial charge in [0.15, 0.2) is 0 Å². The standard InChI is InChI=1S/C30H30O2/c1-21-9-8-14-24(15-21)29-30(18-27(30)20-32-29)28(23-12-6-3-7-13-23)31-19-26-17-25(26)16-22-10-4-2-5-11-22/h2-16,26-29H,17-20H2,1H3/b25-16+/t26?,27?,28-,29+,30?/m0/s1. The van der Waals surface area contributed by atoms with Gasteiger partial charge >= 0.3 is 0 Å². The fourth-order valence-electron chi connectivity index (χ4n) is 5.70. The van der Waals surface area contributed by atoms with Crippen LogP contribution in [0.15, 0.2) is 90.5 Å². The predicted molar refractivity (Wildman–Crippen MR) is 128 cm³/mol. The Balaban J connectivity index is 1.25. The van der Waals surface area contributed by atoms with Crippen LogP contribution in [-0.2, 0) is 9.47 Å². The molecular formula is C30H30O2. The molecule has 1 saturated heterocycles. The van der Waals surface area contributed by atoms with E-state index < -0.39 is 0 Å². The van der Waals surface area contributed by atoms with Gasteiger partial charge in [0.05, 0.1) is 25.4 Å². The molecule has 0 spiro atoms. The number of hydrogen-bond acceptors (Lipinski definition) is 2. The molecule has 162 valence electrons. The highest BCUT2D eigenvalue weighted by Gasteiger charge is 2.69. The van der Waals surface area contributed by atoms with Crippen LogP contribution < -0.4 is 0 Å². The molecule has 3 aromatic carbocycles. The molecule has 3 unspecified atom stereocenters. The first kappa shape index (κ1) is 20.0. The quantitative estimate of drug-likeness (QED) is 0.411. The van der Waals surface area contributed by atoms with E-state index in [1.54, 1.807) is 0 Å². The highest BCUT2D eigenvalue weighted by atomic mass is 16.5. The third-order valence-electron chi connectivity index (χ3n) is 7.55. The van der Waals surface area contributed by atoms with Gasteiger partial charge in [0.1, 0.15) is 0 Å². The van der Waals surface area contributed by atoms with Crippen LogP contribution in [0, 0.1) is 24.2 Å². The minimum atomic E-state index is 0.0490. The Bertz CT molecular complexity index is 1120. The van der Waals surface area contributed by atoms with Gasteiger partial charge in [0.2, 0.25) is 0 Å². The van der Waals surface area contributed by atoms with Crippen molar-refractivity contribution >= 4 is 6.08 Å². The van der Waals surface area contributed by atoms with Gasteiger partial charge in [-0.15, -0.1) is 0 Å². The van der Waals surface area contributed by atoms with Crippen molar-refractivity contribution in [1.82, 2.24) is 0 Å².